The molecule has 214 valence electrons. The number of carbonyl (C=O) groups excluding carboxylic acids is 2. The number of benzene rings is 3. The van der Waals surface area contributed by atoms with Crippen LogP contribution in [-0.4, -0.2) is 57.6 Å². The predicted molar refractivity (Wildman–Crippen MR) is 159 cm³/mol. The number of rotatable bonds is 14. The average Bonchev–Trinajstić information content (AvgIpc) is 2.93. The molecular formula is C31H39N3O5S. The van der Waals surface area contributed by atoms with Gasteiger partial charge in [-0.05, 0) is 49.1 Å². The van der Waals surface area contributed by atoms with Crippen LogP contribution >= 0.6 is 0 Å². The summed E-state index contributed by atoms with van der Waals surface area (Å²) in [5.74, 6) is 0.106. The Bertz CT molecular complexity index is 1380. The third kappa shape index (κ3) is 8.58. The van der Waals surface area contributed by atoms with Gasteiger partial charge in [-0.15, -0.1) is 0 Å². The van der Waals surface area contributed by atoms with Crippen LogP contribution in [-0.2, 0) is 32.6 Å². The Morgan fingerprint density at radius 2 is 1.68 bits per heavy atom. The average molecular weight is 566 g/mol. The van der Waals surface area contributed by atoms with E-state index in [-0.39, 0.29) is 37.7 Å². The van der Waals surface area contributed by atoms with E-state index in [9.17, 15) is 18.0 Å². The second-order valence-electron chi connectivity index (χ2n) is 9.69. The number of likely N-dealkylation sites (N-methyl/N-ethyl adjacent to an activating group) is 1. The van der Waals surface area contributed by atoms with E-state index in [1.54, 1.807) is 29.2 Å². The number of aryl methyl sites for hydroxylation is 1. The van der Waals surface area contributed by atoms with Crippen molar-refractivity contribution >= 4 is 27.5 Å². The van der Waals surface area contributed by atoms with Gasteiger partial charge in [-0.1, -0.05) is 60.7 Å². The lowest BCUT2D eigenvalue weighted by Crippen LogP contribution is -2.50. The van der Waals surface area contributed by atoms with Crippen LogP contribution in [0.1, 0.15) is 36.5 Å². The first-order chi connectivity index (χ1) is 19.1. The zero-order chi connectivity index (χ0) is 29.1. The van der Waals surface area contributed by atoms with Crippen LogP contribution in [0.25, 0.3) is 0 Å². The summed E-state index contributed by atoms with van der Waals surface area (Å²) in [7, 11) is -2.08. The lowest BCUT2D eigenvalue weighted by molar-refractivity contribution is -0.141. The van der Waals surface area contributed by atoms with Gasteiger partial charge in [0, 0.05) is 38.5 Å². The van der Waals surface area contributed by atoms with E-state index in [1.165, 1.54) is 11.4 Å². The normalized spacial score (nSPS) is 11.9. The quantitative estimate of drug-likeness (QED) is 0.314. The highest BCUT2D eigenvalue weighted by Gasteiger charge is 2.30. The molecule has 1 atom stereocenters. The minimum atomic E-state index is -3.60. The number of hydrogen-bond donors (Lipinski definition) is 1. The fourth-order valence-electron chi connectivity index (χ4n) is 4.59. The lowest BCUT2D eigenvalue weighted by Gasteiger charge is -2.32. The van der Waals surface area contributed by atoms with E-state index in [1.807, 2.05) is 68.4 Å². The van der Waals surface area contributed by atoms with E-state index in [4.69, 9.17) is 4.74 Å². The third-order valence-corrected chi connectivity index (χ3v) is 7.91. The molecule has 2 amide bonds. The third-order valence-electron chi connectivity index (χ3n) is 6.72. The summed E-state index contributed by atoms with van der Waals surface area (Å²) in [6.45, 7) is 4.66. The largest absolute Gasteiger partial charge is 0.497 e. The van der Waals surface area contributed by atoms with Gasteiger partial charge in [0.1, 0.15) is 11.8 Å². The van der Waals surface area contributed by atoms with Gasteiger partial charge in [-0.25, -0.2) is 8.42 Å². The number of hydrogen-bond acceptors (Lipinski definition) is 5. The molecule has 0 heterocycles. The van der Waals surface area contributed by atoms with Crippen LogP contribution in [0.5, 0.6) is 5.75 Å². The summed E-state index contributed by atoms with van der Waals surface area (Å²) in [6.07, 6.45) is 1.86. The molecule has 0 fully saturated rings. The maximum Gasteiger partial charge on any atom is 0.243 e. The van der Waals surface area contributed by atoms with Gasteiger partial charge in [0.25, 0.3) is 0 Å². The first kappa shape index (κ1) is 30.7. The Hall–Kier alpha value is -3.85. The Morgan fingerprint density at radius 3 is 2.33 bits per heavy atom. The van der Waals surface area contributed by atoms with Crippen molar-refractivity contribution < 1.29 is 22.7 Å². The molecule has 3 rings (SSSR count). The molecule has 0 aliphatic heterocycles. The Morgan fingerprint density at radius 1 is 0.975 bits per heavy atom. The molecular weight excluding hydrogens is 526 g/mol. The molecule has 1 N–H and O–H groups in total. The SMILES string of the molecule is CCNC(=O)[C@@H](Cc1ccccc1)N(Cc1ccccc1C)C(=O)CCCN(c1cccc(OC)c1)S(C)(=O)=O. The number of methoxy groups -OCH3 is 1. The van der Waals surface area contributed by atoms with Gasteiger partial charge < -0.3 is 15.0 Å². The zero-order valence-electron chi connectivity index (χ0n) is 23.7. The van der Waals surface area contributed by atoms with Crippen molar-refractivity contribution in [1.82, 2.24) is 10.2 Å². The first-order valence-electron chi connectivity index (χ1n) is 13.4. The first-order valence-corrected chi connectivity index (χ1v) is 15.3. The van der Waals surface area contributed by atoms with Crippen LogP contribution in [0.4, 0.5) is 5.69 Å². The molecule has 0 spiro atoms. The highest BCUT2D eigenvalue weighted by Crippen LogP contribution is 2.24. The van der Waals surface area contributed by atoms with Crippen LogP contribution in [0.2, 0.25) is 0 Å². The zero-order valence-corrected chi connectivity index (χ0v) is 24.5. The molecule has 0 unspecified atom stereocenters. The molecule has 0 aliphatic rings. The number of nitrogens with one attached hydrogen (secondary N) is 1. The molecule has 8 nitrogen and oxygen atoms in total. The number of anilines is 1. The van der Waals surface area contributed by atoms with Crippen molar-refractivity contribution in [3.63, 3.8) is 0 Å². The maximum atomic E-state index is 13.8. The van der Waals surface area contributed by atoms with Crippen LogP contribution in [0, 0.1) is 6.92 Å². The van der Waals surface area contributed by atoms with Crippen LogP contribution in [0.3, 0.4) is 0 Å². The maximum absolute atomic E-state index is 13.8. The Labute approximate surface area is 238 Å². The molecule has 40 heavy (non-hydrogen) atoms. The van der Waals surface area contributed by atoms with Gasteiger partial charge in [-0.2, -0.15) is 0 Å². The highest BCUT2D eigenvalue weighted by molar-refractivity contribution is 7.92. The summed E-state index contributed by atoms with van der Waals surface area (Å²) in [6, 6.07) is 23.5. The van der Waals surface area contributed by atoms with Gasteiger partial charge in [0.15, 0.2) is 0 Å². The van der Waals surface area contributed by atoms with Crippen molar-refractivity contribution in [3.8, 4) is 5.75 Å². The molecule has 3 aromatic carbocycles. The topological polar surface area (TPSA) is 96.0 Å². The molecule has 0 saturated heterocycles. The highest BCUT2D eigenvalue weighted by atomic mass is 32.2. The predicted octanol–water partition coefficient (Wildman–Crippen LogP) is 4.33. The Balaban J connectivity index is 1.87. The summed E-state index contributed by atoms with van der Waals surface area (Å²) in [5, 5.41) is 2.90. The van der Waals surface area contributed by atoms with Crippen LogP contribution in [0.15, 0.2) is 78.9 Å². The Kier molecular flexibility index (Phi) is 11.1. The van der Waals surface area contributed by atoms with Crippen molar-refractivity contribution in [2.24, 2.45) is 0 Å². The number of ether oxygens (including phenoxy) is 1. The monoisotopic (exact) mass is 565 g/mol. The summed E-state index contributed by atoms with van der Waals surface area (Å²) >= 11 is 0. The van der Waals surface area contributed by atoms with Gasteiger partial charge in [-0.3, -0.25) is 13.9 Å². The van der Waals surface area contributed by atoms with Crippen molar-refractivity contribution in [2.45, 2.75) is 45.7 Å². The minimum Gasteiger partial charge on any atom is -0.497 e. The second-order valence-corrected chi connectivity index (χ2v) is 11.6. The second kappa shape index (κ2) is 14.5. The molecule has 0 saturated carbocycles. The molecule has 0 aliphatic carbocycles. The number of amides is 2. The smallest absolute Gasteiger partial charge is 0.243 e. The molecule has 9 heteroatoms. The van der Waals surface area contributed by atoms with E-state index in [2.05, 4.69) is 5.32 Å². The van der Waals surface area contributed by atoms with Gasteiger partial charge in [0.05, 0.1) is 19.1 Å². The standard InChI is InChI=1S/C31H39N3O5S/c1-5-32-31(36)29(21-25-14-7-6-8-15-25)33(23-26-16-10-9-13-24(26)2)30(35)19-12-20-34(40(4,37)38)27-17-11-18-28(22-27)39-3/h6-11,13-18,22,29H,5,12,19-21,23H2,1-4H3,(H,32,36)/t29-/m1/s1. The lowest BCUT2D eigenvalue weighted by atomic mass is 10.0. The van der Waals surface area contributed by atoms with Crippen LogP contribution < -0.4 is 14.4 Å². The molecule has 0 aromatic heterocycles. The van der Waals surface area contributed by atoms with E-state index in [0.29, 0.717) is 24.4 Å². The number of carbonyl (C=O) groups is 2. The summed E-state index contributed by atoms with van der Waals surface area (Å²) in [4.78, 5) is 28.8. The van der Waals surface area contributed by atoms with Crippen molar-refractivity contribution in [1.29, 1.82) is 0 Å². The number of nitrogens with zero attached hydrogens (tertiary/aromatic N) is 2. The molecule has 0 bridgehead atoms. The van der Waals surface area contributed by atoms with E-state index < -0.39 is 16.1 Å². The minimum absolute atomic E-state index is 0.0760. The fourth-order valence-corrected chi connectivity index (χ4v) is 5.54. The van der Waals surface area contributed by atoms with Gasteiger partial charge >= 0.3 is 0 Å². The fraction of sp³-hybridized carbons (Fsp3) is 0.355. The van der Waals surface area contributed by atoms with E-state index >= 15 is 0 Å². The van der Waals surface area contributed by atoms with Gasteiger partial charge in [0.2, 0.25) is 21.8 Å². The van der Waals surface area contributed by atoms with Crippen molar-refractivity contribution in [3.05, 3.63) is 95.6 Å². The molecule has 3 aromatic rings. The van der Waals surface area contributed by atoms with Crippen molar-refractivity contribution in [2.75, 3.05) is 30.8 Å². The van der Waals surface area contributed by atoms with E-state index in [0.717, 1.165) is 22.9 Å². The summed E-state index contributed by atoms with van der Waals surface area (Å²) < 4.78 is 31.8. The molecule has 0 radical (unpaired) electrons. The number of sulfonamides is 1. The summed E-state index contributed by atoms with van der Waals surface area (Å²) in [5.41, 5.74) is 3.39.